The van der Waals surface area contributed by atoms with Gasteiger partial charge in [-0.15, -0.1) is 0 Å². The second-order valence-electron chi connectivity index (χ2n) is 3.20. The van der Waals surface area contributed by atoms with E-state index >= 15 is 0 Å². The Morgan fingerprint density at radius 3 is 1.85 bits per heavy atom. The molecule has 0 unspecified atom stereocenters. The van der Waals surface area contributed by atoms with Crippen LogP contribution in [-0.2, 0) is 9.59 Å². The first-order chi connectivity index (χ1) is 6.04. The van der Waals surface area contributed by atoms with Crippen molar-refractivity contribution in [2.45, 2.75) is 20.8 Å². The summed E-state index contributed by atoms with van der Waals surface area (Å²) >= 11 is 0. The van der Waals surface area contributed by atoms with Gasteiger partial charge in [-0.05, 0) is 13.8 Å². The third kappa shape index (κ3) is 1.86. The quantitative estimate of drug-likeness (QED) is 0.692. The van der Waals surface area contributed by atoms with Gasteiger partial charge >= 0.3 is 0 Å². The Kier molecular flexibility index (Phi) is 2.66. The van der Waals surface area contributed by atoms with E-state index in [0.29, 0.717) is 11.1 Å². The lowest BCUT2D eigenvalue weighted by atomic mass is 9.88. The number of carbonyl (C=O) groups is 2. The van der Waals surface area contributed by atoms with E-state index in [-0.39, 0.29) is 17.5 Å². The van der Waals surface area contributed by atoms with Gasteiger partial charge in [0.05, 0.1) is 0 Å². The van der Waals surface area contributed by atoms with Crippen LogP contribution >= 0.6 is 0 Å². The number of ketones is 2. The monoisotopic (exact) mass is 179 g/mol. The van der Waals surface area contributed by atoms with Gasteiger partial charge in [0.15, 0.2) is 11.6 Å². The summed E-state index contributed by atoms with van der Waals surface area (Å²) in [4.78, 5) is 22.3. The molecule has 1 N–H and O–H groups in total. The van der Waals surface area contributed by atoms with E-state index in [0.717, 1.165) is 0 Å². The van der Waals surface area contributed by atoms with Crippen molar-refractivity contribution in [3.8, 4) is 0 Å². The van der Waals surface area contributed by atoms with Gasteiger partial charge in [0.25, 0.3) is 0 Å². The largest absolute Gasteiger partial charge is 0.367 e. The second-order valence-corrected chi connectivity index (χ2v) is 3.20. The van der Waals surface area contributed by atoms with Crippen molar-refractivity contribution >= 4 is 11.6 Å². The van der Waals surface area contributed by atoms with Gasteiger partial charge < -0.3 is 5.32 Å². The zero-order valence-corrected chi connectivity index (χ0v) is 8.05. The SMILES string of the molecule is CC(=O)C1=CNC=C(C(C)=O)C1C. The van der Waals surface area contributed by atoms with Crippen molar-refractivity contribution in [1.82, 2.24) is 5.32 Å². The van der Waals surface area contributed by atoms with Crippen molar-refractivity contribution in [2.75, 3.05) is 0 Å². The van der Waals surface area contributed by atoms with Gasteiger partial charge in [-0.25, -0.2) is 0 Å². The number of hydrogen-bond acceptors (Lipinski definition) is 3. The summed E-state index contributed by atoms with van der Waals surface area (Å²) in [6.07, 6.45) is 3.30. The Morgan fingerprint density at radius 1 is 1.15 bits per heavy atom. The van der Waals surface area contributed by atoms with E-state index in [1.54, 1.807) is 12.4 Å². The van der Waals surface area contributed by atoms with Crippen LogP contribution in [0.2, 0.25) is 0 Å². The van der Waals surface area contributed by atoms with Gasteiger partial charge in [0.2, 0.25) is 0 Å². The van der Waals surface area contributed by atoms with E-state index in [2.05, 4.69) is 5.32 Å². The lowest BCUT2D eigenvalue weighted by Gasteiger charge is -2.19. The molecule has 0 aromatic rings. The zero-order valence-electron chi connectivity index (χ0n) is 8.05. The summed E-state index contributed by atoms with van der Waals surface area (Å²) in [5, 5.41) is 2.81. The third-order valence-electron chi connectivity index (χ3n) is 2.22. The summed E-state index contributed by atoms with van der Waals surface area (Å²) < 4.78 is 0. The first-order valence-corrected chi connectivity index (χ1v) is 4.22. The Labute approximate surface area is 77.5 Å². The number of carbonyl (C=O) groups excluding carboxylic acids is 2. The molecule has 0 aromatic heterocycles. The predicted molar refractivity (Wildman–Crippen MR) is 49.8 cm³/mol. The van der Waals surface area contributed by atoms with Crippen LogP contribution < -0.4 is 5.32 Å². The summed E-state index contributed by atoms with van der Waals surface area (Å²) in [6, 6.07) is 0. The van der Waals surface area contributed by atoms with Gasteiger partial charge in [-0.1, -0.05) is 6.92 Å². The number of nitrogens with one attached hydrogen (secondary N) is 1. The normalized spacial score (nSPS) is 17.2. The molecule has 3 nitrogen and oxygen atoms in total. The number of allylic oxidation sites excluding steroid dienone is 2. The minimum Gasteiger partial charge on any atom is -0.367 e. The lowest BCUT2D eigenvalue weighted by Crippen LogP contribution is -2.22. The van der Waals surface area contributed by atoms with E-state index in [9.17, 15) is 9.59 Å². The standard InChI is InChI=1S/C10H13NO2/c1-6-9(7(2)12)4-11-5-10(6)8(3)13/h4-6,11H,1-3H3. The summed E-state index contributed by atoms with van der Waals surface area (Å²) in [6.45, 7) is 4.88. The lowest BCUT2D eigenvalue weighted by molar-refractivity contribution is -0.114. The third-order valence-corrected chi connectivity index (χ3v) is 2.22. The molecule has 0 saturated carbocycles. The average Bonchev–Trinajstić information content (AvgIpc) is 2.03. The second kappa shape index (κ2) is 3.56. The molecular formula is C10H13NO2. The van der Waals surface area contributed by atoms with Gasteiger partial charge in [0, 0.05) is 29.5 Å². The molecule has 0 spiro atoms. The van der Waals surface area contributed by atoms with Gasteiger partial charge in [-0.2, -0.15) is 0 Å². The number of rotatable bonds is 2. The molecule has 0 amide bonds. The molecule has 0 aliphatic carbocycles. The van der Waals surface area contributed by atoms with E-state index in [1.165, 1.54) is 13.8 Å². The smallest absolute Gasteiger partial charge is 0.157 e. The van der Waals surface area contributed by atoms with E-state index in [1.807, 2.05) is 6.92 Å². The molecule has 3 heteroatoms. The molecule has 1 heterocycles. The number of dihydropyridines is 1. The highest BCUT2D eigenvalue weighted by Crippen LogP contribution is 2.23. The fraction of sp³-hybridized carbons (Fsp3) is 0.400. The summed E-state index contributed by atoms with van der Waals surface area (Å²) in [5.74, 6) is -0.0741. The van der Waals surface area contributed by atoms with Crippen molar-refractivity contribution < 1.29 is 9.59 Å². The van der Waals surface area contributed by atoms with Crippen LogP contribution in [0.15, 0.2) is 23.5 Å². The Balaban J connectivity index is 2.93. The molecule has 1 rings (SSSR count). The maximum absolute atomic E-state index is 11.1. The fourth-order valence-electron chi connectivity index (χ4n) is 1.45. The fourth-order valence-corrected chi connectivity index (χ4v) is 1.45. The summed E-state index contributed by atoms with van der Waals surface area (Å²) in [7, 11) is 0. The van der Waals surface area contributed by atoms with Crippen molar-refractivity contribution in [3.63, 3.8) is 0 Å². The van der Waals surface area contributed by atoms with Crippen LogP contribution in [-0.4, -0.2) is 11.6 Å². The molecule has 0 saturated heterocycles. The van der Waals surface area contributed by atoms with Crippen LogP contribution in [0.1, 0.15) is 20.8 Å². The summed E-state index contributed by atoms with van der Waals surface area (Å²) in [5.41, 5.74) is 1.32. The van der Waals surface area contributed by atoms with Gasteiger partial charge in [0.1, 0.15) is 0 Å². The topological polar surface area (TPSA) is 46.2 Å². The Hall–Kier alpha value is -1.38. The highest BCUT2D eigenvalue weighted by Gasteiger charge is 2.22. The zero-order chi connectivity index (χ0) is 10.0. The Morgan fingerprint density at radius 2 is 1.54 bits per heavy atom. The molecule has 0 aromatic carbocycles. The Bertz CT molecular complexity index is 283. The van der Waals surface area contributed by atoms with Crippen molar-refractivity contribution in [2.24, 2.45) is 5.92 Å². The van der Waals surface area contributed by atoms with E-state index in [4.69, 9.17) is 0 Å². The molecule has 0 atom stereocenters. The van der Waals surface area contributed by atoms with Crippen LogP contribution in [0.4, 0.5) is 0 Å². The molecule has 0 fully saturated rings. The van der Waals surface area contributed by atoms with Crippen LogP contribution in [0.3, 0.4) is 0 Å². The van der Waals surface area contributed by atoms with Crippen LogP contribution in [0.5, 0.6) is 0 Å². The highest BCUT2D eigenvalue weighted by atomic mass is 16.1. The number of hydrogen-bond donors (Lipinski definition) is 1. The first kappa shape index (κ1) is 9.71. The molecule has 13 heavy (non-hydrogen) atoms. The van der Waals surface area contributed by atoms with Gasteiger partial charge in [-0.3, -0.25) is 9.59 Å². The molecule has 0 bridgehead atoms. The highest BCUT2D eigenvalue weighted by molar-refractivity contribution is 6.00. The van der Waals surface area contributed by atoms with Crippen LogP contribution in [0, 0.1) is 5.92 Å². The minimum atomic E-state index is -0.0868. The molecule has 0 radical (unpaired) electrons. The number of Topliss-reactive ketones (excluding diaryl/α,β-unsaturated/α-hetero) is 2. The van der Waals surface area contributed by atoms with E-state index < -0.39 is 0 Å². The predicted octanol–water partition coefficient (Wildman–Crippen LogP) is 1.17. The maximum atomic E-state index is 11.1. The maximum Gasteiger partial charge on any atom is 0.157 e. The van der Waals surface area contributed by atoms with Crippen LogP contribution in [0.25, 0.3) is 0 Å². The van der Waals surface area contributed by atoms with Crippen molar-refractivity contribution in [3.05, 3.63) is 23.5 Å². The average molecular weight is 179 g/mol. The minimum absolute atomic E-state index is 0.00634. The molecule has 1 aliphatic heterocycles. The van der Waals surface area contributed by atoms with Crippen molar-refractivity contribution in [1.29, 1.82) is 0 Å². The molecule has 1 aliphatic rings. The molecular weight excluding hydrogens is 166 g/mol. The first-order valence-electron chi connectivity index (χ1n) is 4.22. The molecule has 70 valence electrons.